The summed E-state index contributed by atoms with van der Waals surface area (Å²) >= 11 is 0. The predicted octanol–water partition coefficient (Wildman–Crippen LogP) is -0.400. The third-order valence-corrected chi connectivity index (χ3v) is 1.81. The molecule has 0 saturated heterocycles. The van der Waals surface area contributed by atoms with Crippen molar-refractivity contribution in [1.29, 1.82) is 0 Å². The maximum atomic E-state index is 10.8. The fraction of sp³-hybridized carbons (Fsp3) is 0.625. The molecule has 0 fully saturated rings. The normalized spacial score (nSPS) is 35.3. The molecule has 0 spiro atoms. The second-order valence-electron chi connectivity index (χ2n) is 2.89. The van der Waals surface area contributed by atoms with Gasteiger partial charge in [0.2, 0.25) is 0 Å². The van der Waals surface area contributed by atoms with Crippen molar-refractivity contribution in [2.45, 2.75) is 32.2 Å². The van der Waals surface area contributed by atoms with Crippen LogP contribution in [-0.2, 0) is 9.53 Å². The number of hydrogen-bond acceptors (Lipinski definition) is 4. The van der Waals surface area contributed by atoms with Crippen molar-refractivity contribution in [2.24, 2.45) is 0 Å². The molecule has 68 valence electrons. The van der Waals surface area contributed by atoms with Crippen molar-refractivity contribution in [2.75, 3.05) is 0 Å². The Bertz CT molecular complexity index is 221. The largest absolute Gasteiger partial charge is 0.484 e. The summed E-state index contributed by atoms with van der Waals surface area (Å²) in [5, 5.41) is 18.4. The Balaban J connectivity index is 2.81. The quantitative estimate of drug-likeness (QED) is 0.564. The van der Waals surface area contributed by atoms with Crippen molar-refractivity contribution in [3.05, 3.63) is 11.8 Å². The minimum Gasteiger partial charge on any atom is -0.484 e. The maximum Gasteiger partial charge on any atom is 0.194 e. The van der Waals surface area contributed by atoms with Crippen molar-refractivity contribution in [1.82, 2.24) is 0 Å². The number of Topliss-reactive ketones (excluding diaryl/α,β-unsaturated/α-hetero) is 1. The van der Waals surface area contributed by atoms with Gasteiger partial charge in [-0.15, -0.1) is 0 Å². The second kappa shape index (κ2) is 3.25. The smallest absolute Gasteiger partial charge is 0.194 e. The van der Waals surface area contributed by atoms with Gasteiger partial charge in [-0.25, -0.2) is 0 Å². The van der Waals surface area contributed by atoms with Crippen LogP contribution in [0.1, 0.15) is 13.8 Å². The highest BCUT2D eigenvalue weighted by Crippen LogP contribution is 2.17. The Kier molecular flexibility index (Phi) is 2.49. The lowest BCUT2D eigenvalue weighted by atomic mass is 10.0. The van der Waals surface area contributed by atoms with E-state index in [2.05, 4.69) is 0 Å². The van der Waals surface area contributed by atoms with E-state index in [-0.39, 0.29) is 11.5 Å². The number of aliphatic hydroxyl groups excluding tert-OH is 2. The average molecular weight is 172 g/mol. The van der Waals surface area contributed by atoms with Crippen molar-refractivity contribution in [3.8, 4) is 0 Å². The van der Waals surface area contributed by atoms with Crippen LogP contribution in [0.5, 0.6) is 0 Å². The van der Waals surface area contributed by atoms with Crippen molar-refractivity contribution >= 4 is 5.78 Å². The standard InChI is InChI=1S/C8H12O4/c1-4(9)7-3-6(10)8(11)5(2)12-7/h3,5-6,8,10-11H,1-2H3/t5-,6-,8-/m1/s1. The van der Waals surface area contributed by atoms with Crippen LogP contribution in [-0.4, -0.2) is 34.3 Å². The number of ketones is 1. The molecule has 1 heterocycles. The summed E-state index contributed by atoms with van der Waals surface area (Å²) < 4.78 is 5.03. The first kappa shape index (κ1) is 9.22. The zero-order valence-electron chi connectivity index (χ0n) is 7.02. The number of ether oxygens (including phenoxy) is 1. The van der Waals surface area contributed by atoms with E-state index >= 15 is 0 Å². The third-order valence-electron chi connectivity index (χ3n) is 1.81. The molecule has 0 aliphatic carbocycles. The molecule has 0 bridgehead atoms. The first-order valence-electron chi connectivity index (χ1n) is 3.78. The second-order valence-corrected chi connectivity index (χ2v) is 2.89. The zero-order chi connectivity index (χ0) is 9.30. The van der Waals surface area contributed by atoms with Crippen LogP contribution >= 0.6 is 0 Å². The number of rotatable bonds is 1. The molecule has 0 aromatic heterocycles. The zero-order valence-corrected chi connectivity index (χ0v) is 7.02. The molecule has 3 atom stereocenters. The summed E-state index contributed by atoms with van der Waals surface area (Å²) in [6.45, 7) is 2.95. The molecule has 0 unspecified atom stereocenters. The van der Waals surface area contributed by atoms with E-state index in [1.807, 2.05) is 0 Å². The Morgan fingerprint density at radius 3 is 2.58 bits per heavy atom. The summed E-state index contributed by atoms with van der Waals surface area (Å²) in [7, 11) is 0. The van der Waals surface area contributed by atoms with Crippen LogP contribution in [0.3, 0.4) is 0 Å². The summed E-state index contributed by atoms with van der Waals surface area (Å²) in [4.78, 5) is 10.8. The minimum absolute atomic E-state index is 0.125. The molecule has 12 heavy (non-hydrogen) atoms. The molecule has 1 aliphatic heterocycles. The molecule has 0 aromatic rings. The first-order chi connectivity index (χ1) is 5.52. The SMILES string of the molecule is CC(=O)C1=C[C@@H](O)[C@H](O)[C@@H](C)O1. The topological polar surface area (TPSA) is 66.8 Å². The predicted molar refractivity (Wildman–Crippen MR) is 41.3 cm³/mol. The molecule has 4 heteroatoms. The number of hydrogen-bond donors (Lipinski definition) is 2. The van der Waals surface area contributed by atoms with Gasteiger partial charge in [-0.05, 0) is 13.0 Å². The van der Waals surface area contributed by atoms with Crippen molar-refractivity contribution in [3.63, 3.8) is 0 Å². The average Bonchev–Trinajstić information content (AvgIpc) is 1.99. The van der Waals surface area contributed by atoms with E-state index in [1.54, 1.807) is 6.92 Å². The van der Waals surface area contributed by atoms with Gasteiger partial charge in [-0.1, -0.05) is 0 Å². The van der Waals surface area contributed by atoms with Gasteiger partial charge in [-0.3, -0.25) is 4.79 Å². The monoisotopic (exact) mass is 172 g/mol. The van der Waals surface area contributed by atoms with Gasteiger partial charge in [0.05, 0.1) is 0 Å². The summed E-state index contributed by atoms with van der Waals surface area (Å²) in [5.41, 5.74) is 0. The molecule has 0 amide bonds. The number of allylic oxidation sites excluding steroid dienone is 1. The summed E-state index contributed by atoms with van der Waals surface area (Å²) in [6.07, 6.45) is -1.27. The Morgan fingerprint density at radius 2 is 2.17 bits per heavy atom. The maximum absolute atomic E-state index is 10.8. The van der Waals surface area contributed by atoms with E-state index < -0.39 is 18.3 Å². The Morgan fingerprint density at radius 1 is 1.58 bits per heavy atom. The van der Waals surface area contributed by atoms with Crippen LogP contribution in [0.2, 0.25) is 0 Å². The van der Waals surface area contributed by atoms with Gasteiger partial charge >= 0.3 is 0 Å². The molecule has 1 rings (SSSR count). The lowest BCUT2D eigenvalue weighted by molar-refractivity contribution is -0.123. The number of carbonyl (C=O) groups excluding carboxylic acids is 1. The van der Waals surface area contributed by atoms with Crippen LogP contribution in [0.4, 0.5) is 0 Å². The Labute approximate surface area is 70.5 Å². The molecular formula is C8H12O4. The molecule has 2 N–H and O–H groups in total. The van der Waals surface area contributed by atoms with Crippen LogP contribution < -0.4 is 0 Å². The fourth-order valence-corrected chi connectivity index (χ4v) is 1.04. The van der Waals surface area contributed by atoms with Crippen LogP contribution in [0, 0.1) is 0 Å². The minimum atomic E-state index is -1.01. The molecule has 4 nitrogen and oxygen atoms in total. The van der Waals surface area contributed by atoms with E-state index in [0.29, 0.717) is 0 Å². The highest BCUT2D eigenvalue weighted by Gasteiger charge is 2.30. The van der Waals surface area contributed by atoms with Crippen molar-refractivity contribution < 1.29 is 19.7 Å². The van der Waals surface area contributed by atoms with Gasteiger partial charge in [0.25, 0.3) is 0 Å². The molecule has 0 aromatic carbocycles. The highest BCUT2D eigenvalue weighted by molar-refractivity contribution is 5.91. The first-order valence-corrected chi connectivity index (χ1v) is 3.78. The van der Waals surface area contributed by atoms with Gasteiger partial charge in [0, 0.05) is 6.92 Å². The van der Waals surface area contributed by atoms with Gasteiger partial charge in [0.1, 0.15) is 18.3 Å². The fourth-order valence-electron chi connectivity index (χ4n) is 1.04. The molecule has 0 radical (unpaired) electrons. The van der Waals surface area contributed by atoms with E-state index in [1.165, 1.54) is 13.0 Å². The van der Waals surface area contributed by atoms with Gasteiger partial charge < -0.3 is 14.9 Å². The third kappa shape index (κ3) is 1.65. The lowest BCUT2D eigenvalue weighted by Crippen LogP contribution is -2.40. The van der Waals surface area contributed by atoms with Crippen LogP contribution in [0.25, 0.3) is 0 Å². The number of aliphatic hydroxyl groups is 2. The lowest BCUT2D eigenvalue weighted by Gasteiger charge is -2.28. The summed E-state index contributed by atoms with van der Waals surface area (Å²) in [5.74, 6) is -0.117. The molecule has 0 saturated carbocycles. The molecule has 1 aliphatic rings. The summed E-state index contributed by atoms with van der Waals surface area (Å²) in [6, 6.07) is 0. The highest BCUT2D eigenvalue weighted by atomic mass is 16.5. The Hall–Kier alpha value is -0.870. The van der Waals surface area contributed by atoms with E-state index in [4.69, 9.17) is 4.74 Å². The molecular weight excluding hydrogens is 160 g/mol. The van der Waals surface area contributed by atoms with Gasteiger partial charge in [0.15, 0.2) is 11.5 Å². The van der Waals surface area contributed by atoms with Gasteiger partial charge in [-0.2, -0.15) is 0 Å². The van der Waals surface area contributed by atoms with E-state index in [9.17, 15) is 15.0 Å². The number of carbonyl (C=O) groups is 1. The van der Waals surface area contributed by atoms with E-state index in [0.717, 1.165) is 0 Å². The van der Waals surface area contributed by atoms with Crippen LogP contribution in [0.15, 0.2) is 11.8 Å².